The average molecular weight is 379 g/mol. The Morgan fingerprint density at radius 3 is 2.33 bits per heavy atom. The lowest BCUT2D eigenvalue weighted by atomic mass is 10.1. The van der Waals surface area contributed by atoms with Gasteiger partial charge in [-0.25, -0.2) is 9.59 Å². The van der Waals surface area contributed by atoms with Gasteiger partial charge in [-0.1, -0.05) is 50.1 Å². The summed E-state index contributed by atoms with van der Waals surface area (Å²) in [5.74, 6) is -2.33. The minimum absolute atomic E-state index is 0.0744. The van der Waals surface area contributed by atoms with Crippen LogP contribution in [0.4, 0.5) is 4.79 Å². The van der Waals surface area contributed by atoms with Gasteiger partial charge in [0.2, 0.25) is 11.8 Å². The molecule has 1 rings (SSSR count). The summed E-state index contributed by atoms with van der Waals surface area (Å²) in [4.78, 5) is 45.9. The number of benzene rings is 1. The lowest BCUT2D eigenvalue weighted by Gasteiger charge is -2.14. The zero-order chi connectivity index (χ0) is 20.1. The number of hydrogen-bond donors (Lipinski definition) is 4. The quantitative estimate of drug-likeness (QED) is 0.449. The molecule has 27 heavy (non-hydrogen) atoms. The van der Waals surface area contributed by atoms with E-state index in [1.807, 2.05) is 25.1 Å². The van der Waals surface area contributed by atoms with Crippen LogP contribution < -0.4 is 16.0 Å². The lowest BCUT2D eigenvalue weighted by molar-refractivity contribution is -0.141. The second kappa shape index (κ2) is 12.3. The summed E-state index contributed by atoms with van der Waals surface area (Å²) in [6.07, 6.45) is 1.03. The molecule has 0 radical (unpaired) electrons. The van der Waals surface area contributed by atoms with Gasteiger partial charge in [-0.05, 0) is 12.0 Å². The van der Waals surface area contributed by atoms with Crippen molar-refractivity contribution >= 4 is 23.9 Å². The number of rotatable bonds is 11. The Kier molecular flexibility index (Phi) is 9.98. The molecule has 0 aliphatic heterocycles. The Bertz CT molecular complexity index is 635. The Hall–Kier alpha value is -3.10. The molecule has 0 bridgehead atoms. The number of carboxylic acid groups (broad SMARTS) is 1. The SMILES string of the molecule is CCCC[C@H](NC(=O)CNC(=O)CNC(=O)OCc1ccccc1)C(=O)O. The van der Waals surface area contributed by atoms with E-state index in [0.29, 0.717) is 12.8 Å². The number of ether oxygens (including phenoxy) is 1. The third kappa shape index (κ3) is 9.83. The van der Waals surface area contributed by atoms with E-state index in [-0.39, 0.29) is 19.7 Å². The molecule has 148 valence electrons. The molecule has 9 nitrogen and oxygen atoms in total. The maximum Gasteiger partial charge on any atom is 0.407 e. The van der Waals surface area contributed by atoms with Gasteiger partial charge in [0.25, 0.3) is 0 Å². The van der Waals surface area contributed by atoms with Crippen molar-refractivity contribution in [2.24, 2.45) is 0 Å². The average Bonchev–Trinajstić information content (AvgIpc) is 2.66. The first-order valence-corrected chi connectivity index (χ1v) is 8.65. The van der Waals surface area contributed by atoms with Crippen LogP contribution in [0.25, 0.3) is 0 Å². The van der Waals surface area contributed by atoms with E-state index in [0.717, 1.165) is 12.0 Å². The number of carbonyl (C=O) groups is 4. The minimum atomic E-state index is -1.12. The van der Waals surface area contributed by atoms with Crippen LogP contribution in [0.5, 0.6) is 0 Å². The van der Waals surface area contributed by atoms with E-state index in [2.05, 4.69) is 16.0 Å². The zero-order valence-corrected chi connectivity index (χ0v) is 15.2. The number of carboxylic acids is 1. The molecule has 0 spiro atoms. The monoisotopic (exact) mass is 379 g/mol. The molecule has 0 saturated carbocycles. The van der Waals surface area contributed by atoms with Gasteiger partial charge in [0.15, 0.2) is 0 Å². The summed E-state index contributed by atoms with van der Waals surface area (Å²) >= 11 is 0. The number of alkyl carbamates (subject to hydrolysis) is 1. The maximum absolute atomic E-state index is 11.7. The van der Waals surface area contributed by atoms with Gasteiger partial charge in [-0.3, -0.25) is 9.59 Å². The second-order valence-electron chi connectivity index (χ2n) is 5.79. The van der Waals surface area contributed by atoms with Crippen molar-refractivity contribution in [1.82, 2.24) is 16.0 Å². The van der Waals surface area contributed by atoms with Gasteiger partial charge < -0.3 is 25.8 Å². The number of unbranched alkanes of at least 4 members (excludes halogenated alkanes) is 1. The lowest BCUT2D eigenvalue weighted by Crippen LogP contribution is -2.47. The molecule has 0 saturated heterocycles. The van der Waals surface area contributed by atoms with E-state index >= 15 is 0 Å². The summed E-state index contributed by atoms with van der Waals surface area (Å²) in [7, 11) is 0. The molecule has 1 aromatic carbocycles. The second-order valence-corrected chi connectivity index (χ2v) is 5.79. The molecular formula is C18H25N3O6. The van der Waals surface area contributed by atoms with Crippen LogP contribution in [0.15, 0.2) is 30.3 Å². The van der Waals surface area contributed by atoms with Crippen molar-refractivity contribution in [3.8, 4) is 0 Å². The summed E-state index contributed by atoms with van der Waals surface area (Å²) in [6, 6.07) is 8.07. The largest absolute Gasteiger partial charge is 0.480 e. The normalized spacial score (nSPS) is 11.1. The molecule has 0 aromatic heterocycles. The Morgan fingerprint density at radius 1 is 1.04 bits per heavy atom. The van der Waals surface area contributed by atoms with E-state index in [1.54, 1.807) is 12.1 Å². The fraction of sp³-hybridized carbons (Fsp3) is 0.444. The molecule has 0 fully saturated rings. The smallest absolute Gasteiger partial charge is 0.407 e. The highest BCUT2D eigenvalue weighted by atomic mass is 16.5. The first-order valence-electron chi connectivity index (χ1n) is 8.65. The van der Waals surface area contributed by atoms with Crippen molar-refractivity contribution in [3.05, 3.63) is 35.9 Å². The summed E-state index contributed by atoms with van der Waals surface area (Å²) in [6.45, 7) is 1.25. The fourth-order valence-corrected chi connectivity index (χ4v) is 2.08. The van der Waals surface area contributed by atoms with E-state index in [9.17, 15) is 19.2 Å². The number of carbonyl (C=O) groups excluding carboxylic acids is 3. The van der Waals surface area contributed by atoms with Crippen molar-refractivity contribution < 1.29 is 29.0 Å². The number of amides is 3. The first-order chi connectivity index (χ1) is 12.9. The molecular weight excluding hydrogens is 354 g/mol. The molecule has 0 unspecified atom stereocenters. The van der Waals surface area contributed by atoms with Gasteiger partial charge in [-0.2, -0.15) is 0 Å². The molecule has 9 heteroatoms. The molecule has 0 aliphatic rings. The molecule has 0 heterocycles. The van der Waals surface area contributed by atoms with E-state index < -0.39 is 29.9 Å². The third-order valence-corrected chi connectivity index (χ3v) is 3.53. The minimum Gasteiger partial charge on any atom is -0.480 e. The molecule has 1 aromatic rings. The molecule has 0 aliphatic carbocycles. The van der Waals surface area contributed by atoms with Gasteiger partial charge in [0.1, 0.15) is 19.2 Å². The van der Waals surface area contributed by atoms with E-state index in [4.69, 9.17) is 9.84 Å². The van der Waals surface area contributed by atoms with Crippen molar-refractivity contribution in [2.45, 2.75) is 38.8 Å². The topological polar surface area (TPSA) is 134 Å². The van der Waals surface area contributed by atoms with Crippen LogP contribution in [-0.4, -0.2) is 48.1 Å². The maximum atomic E-state index is 11.7. The van der Waals surface area contributed by atoms with Crippen molar-refractivity contribution in [1.29, 1.82) is 0 Å². The first kappa shape index (κ1) is 21.9. The predicted molar refractivity (Wildman–Crippen MR) is 96.7 cm³/mol. The van der Waals surface area contributed by atoms with Crippen LogP contribution in [0.3, 0.4) is 0 Å². The van der Waals surface area contributed by atoms with Crippen LogP contribution in [0.2, 0.25) is 0 Å². The Labute approximate surface area is 157 Å². The third-order valence-electron chi connectivity index (χ3n) is 3.53. The summed E-state index contributed by atoms with van der Waals surface area (Å²) in [5.41, 5.74) is 0.810. The van der Waals surface area contributed by atoms with Gasteiger partial charge in [0, 0.05) is 0 Å². The van der Waals surface area contributed by atoms with Crippen LogP contribution in [-0.2, 0) is 25.7 Å². The van der Waals surface area contributed by atoms with Crippen molar-refractivity contribution in [2.75, 3.05) is 13.1 Å². The number of nitrogens with one attached hydrogen (secondary N) is 3. The van der Waals surface area contributed by atoms with E-state index in [1.165, 1.54) is 0 Å². The Morgan fingerprint density at radius 2 is 1.70 bits per heavy atom. The predicted octanol–water partition coefficient (Wildman–Crippen LogP) is 0.789. The highest BCUT2D eigenvalue weighted by molar-refractivity contribution is 5.89. The molecule has 1 atom stereocenters. The van der Waals surface area contributed by atoms with Crippen molar-refractivity contribution in [3.63, 3.8) is 0 Å². The summed E-state index contributed by atoms with van der Waals surface area (Å²) in [5, 5.41) is 15.9. The van der Waals surface area contributed by atoms with Gasteiger partial charge in [0.05, 0.1) is 6.54 Å². The van der Waals surface area contributed by atoms with Crippen LogP contribution in [0.1, 0.15) is 31.7 Å². The fourth-order valence-electron chi connectivity index (χ4n) is 2.08. The van der Waals surface area contributed by atoms with Crippen LogP contribution in [0, 0.1) is 0 Å². The Balaban J connectivity index is 2.22. The molecule has 4 N–H and O–H groups in total. The standard InChI is InChI=1S/C18H25N3O6/c1-2-3-9-14(17(24)25)21-16(23)11-19-15(22)10-20-18(26)27-12-13-7-5-4-6-8-13/h4-8,14H,2-3,9-12H2,1H3,(H,19,22)(H,20,26)(H,21,23)(H,24,25)/t14-/m0/s1. The number of hydrogen-bond acceptors (Lipinski definition) is 5. The molecule has 3 amide bonds. The number of aliphatic carboxylic acids is 1. The highest BCUT2D eigenvalue weighted by Crippen LogP contribution is 2.01. The van der Waals surface area contributed by atoms with Gasteiger partial charge >= 0.3 is 12.1 Å². The highest BCUT2D eigenvalue weighted by Gasteiger charge is 2.19. The van der Waals surface area contributed by atoms with Crippen LogP contribution >= 0.6 is 0 Å². The zero-order valence-electron chi connectivity index (χ0n) is 15.2. The summed E-state index contributed by atoms with van der Waals surface area (Å²) < 4.78 is 4.95. The van der Waals surface area contributed by atoms with Gasteiger partial charge in [-0.15, -0.1) is 0 Å².